The highest BCUT2D eigenvalue weighted by Crippen LogP contribution is 2.16. The second-order valence-corrected chi connectivity index (χ2v) is 5.37. The maximum atomic E-state index is 11.9. The van der Waals surface area contributed by atoms with E-state index in [1.165, 1.54) is 0 Å². The Morgan fingerprint density at radius 2 is 1.92 bits per heavy atom. The topological polar surface area (TPSA) is 79.0 Å². The molecule has 2 aromatic carbocycles. The van der Waals surface area contributed by atoms with Crippen LogP contribution in [0.5, 0.6) is 5.75 Å². The lowest BCUT2D eigenvalue weighted by atomic mass is 10.2. The smallest absolute Gasteiger partial charge is 0.315 e. The molecule has 0 unspecified atom stereocenters. The average molecular weight is 324 g/mol. The molecule has 0 saturated heterocycles. The van der Waals surface area contributed by atoms with Crippen LogP contribution in [0.25, 0.3) is 11.0 Å². The summed E-state index contributed by atoms with van der Waals surface area (Å²) in [6.45, 7) is 0.929. The van der Waals surface area contributed by atoms with Crippen molar-refractivity contribution in [2.45, 2.75) is 13.0 Å². The molecule has 6 heteroatoms. The summed E-state index contributed by atoms with van der Waals surface area (Å²) in [6.07, 6.45) is 0.650. The quantitative estimate of drug-likeness (QED) is 0.652. The first-order chi connectivity index (χ1) is 11.8. The third-order valence-corrected chi connectivity index (χ3v) is 3.72. The van der Waals surface area contributed by atoms with Crippen molar-refractivity contribution in [1.82, 2.24) is 20.6 Å². The van der Waals surface area contributed by atoms with Crippen LogP contribution in [0.3, 0.4) is 0 Å². The molecule has 6 nitrogen and oxygen atoms in total. The summed E-state index contributed by atoms with van der Waals surface area (Å²) in [5.74, 6) is 1.63. The number of fused-ring (bicyclic) bond motifs is 1. The lowest BCUT2D eigenvalue weighted by molar-refractivity contribution is 0.240. The van der Waals surface area contributed by atoms with Crippen molar-refractivity contribution >= 4 is 17.1 Å². The van der Waals surface area contributed by atoms with Crippen LogP contribution in [0.1, 0.15) is 11.4 Å². The van der Waals surface area contributed by atoms with Gasteiger partial charge in [-0.2, -0.15) is 0 Å². The van der Waals surface area contributed by atoms with E-state index in [9.17, 15) is 4.79 Å². The number of amides is 2. The number of hydrogen-bond acceptors (Lipinski definition) is 3. The number of H-pyrrole nitrogens is 1. The minimum Gasteiger partial charge on any atom is -0.496 e. The van der Waals surface area contributed by atoms with E-state index in [-0.39, 0.29) is 6.03 Å². The zero-order chi connectivity index (χ0) is 16.8. The zero-order valence-corrected chi connectivity index (χ0v) is 13.5. The van der Waals surface area contributed by atoms with Crippen LogP contribution in [0.2, 0.25) is 0 Å². The van der Waals surface area contributed by atoms with Crippen molar-refractivity contribution < 1.29 is 9.53 Å². The summed E-state index contributed by atoms with van der Waals surface area (Å²) >= 11 is 0. The van der Waals surface area contributed by atoms with Crippen LogP contribution in [0, 0.1) is 0 Å². The highest BCUT2D eigenvalue weighted by molar-refractivity contribution is 5.75. The Labute approximate surface area is 140 Å². The first-order valence-corrected chi connectivity index (χ1v) is 7.83. The van der Waals surface area contributed by atoms with Gasteiger partial charge in [-0.05, 0) is 18.2 Å². The number of nitrogens with zero attached hydrogens (tertiary/aromatic N) is 1. The summed E-state index contributed by atoms with van der Waals surface area (Å²) in [4.78, 5) is 19.6. The van der Waals surface area contributed by atoms with Crippen molar-refractivity contribution in [3.8, 4) is 5.75 Å². The van der Waals surface area contributed by atoms with Crippen LogP contribution in [0.15, 0.2) is 48.5 Å². The number of para-hydroxylation sites is 3. The van der Waals surface area contributed by atoms with Gasteiger partial charge in [0.1, 0.15) is 11.6 Å². The van der Waals surface area contributed by atoms with E-state index >= 15 is 0 Å². The number of nitrogens with one attached hydrogen (secondary N) is 3. The number of carbonyl (C=O) groups is 1. The van der Waals surface area contributed by atoms with E-state index in [2.05, 4.69) is 20.6 Å². The van der Waals surface area contributed by atoms with Crippen molar-refractivity contribution in [3.63, 3.8) is 0 Å². The Balaban J connectivity index is 1.45. The number of carbonyl (C=O) groups excluding carboxylic acids is 1. The largest absolute Gasteiger partial charge is 0.496 e. The van der Waals surface area contributed by atoms with E-state index < -0.39 is 0 Å². The van der Waals surface area contributed by atoms with Crippen LogP contribution in [0.4, 0.5) is 4.79 Å². The molecule has 24 heavy (non-hydrogen) atoms. The van der Waals surface area contributed by atoms with Gasteiger partial charge in [-0.15, -0.1) is 0 Å². The molecule has 0 aliphatic rings. The van der Waals surface area contributed by atoms with E-state index in [1.807, 2.05) is 48.5 Å². The van der Waals surface area contributed by atoms with Crippen LogP contribution in [-0.4, -0.2) is 29.7 Å². The van der Waals surface area contributed by atoms with Gasteiger partial charge in [-0.1, -0.05) is 30.3 Å². The van der Waals surface area contributed by atoms with Crippen LogP contribution < -0.4 is 15.4 Å². The van der Waals surface area contributed by atoms with Gasteiger partial charge < -0.3 is 20.4 Å². The molecular formula is C18H20N4O2. The average Bonchev–Trinajstić information content (AvgIpc) is 3.03. The molecule has 1 aromatic heterocycles. The first-order valence-electron chi connectivity index (χ1n) is 7.83. The number of rotatable bonds is 6. The third-order valence-electron chi connectivity index (χ3n) is 3.72. The van der Waals surface area contributed by atoms with Gasteiger partial charge in [0.25, 0.3) is 0 Å². The number of aromatic amines is 1. The fraction of sp³-hybridized carbons (Fsp3) is 0.222. The summed E-state index contributed by atoms with van der Waals surface area (Å²) < 4.78 is 5.26. The van der Waals surface area contributed by atoms with Gasteiger partial charge in [0.15, 0.2) is 0 Å². The molecule has 0 saturated carbocycles. The molecule has 2 amide bonds. The van der Waals surface area contributed by atoms with Crippen molar-refractivity contribution in [2.75, 3.05) is 13.7 Å². The monoisotopic (exact) mass is 324 g/mol. The number of benzene rings is 2. The summed E-state index contributed by atoms with van der Waals surface area (Å²) in [7, 11) is 1.62. The second kappa shape index (κ2) is 7.50. The molecule has 3 N–H and O–H groups in total. The standard InChI is InChI=1S/C18H20N4O2/c1-24-16-9-5-2-6-13(16)12-20-18(23)19-11-10-17-21-14-7-3-4-8-15(14)22-17/h2-9H,10-12H2,1H3,(H,21,22)(H2,19,20,23). The Morgan fingerprint density at radius 1 is 1.12 bits per heavy atom. The predicted molar refractivity (Wildman–Crippen MR) is 93.0 cm³/mol. The van der Waals surface area contributed by atoms with E-state index in [0.29, 0.717) is 19.5 Å². The normalized spacial score (nSPS) is 10.5. The Bertz CT molecular complexity index is 796. The van der Waals surface area contributed by atoms with Gasteiger partial charge in [0.05, 0.1) is 18.1 Å². The molecule has 0 aliphatic carbocycles. The lowest BCUT2D eigenvalue weighted by Crippen LogP contribution is -2.36. The van der Waals surface area contributed by atoms with Gasteiger partial charge >= 0.3 is 6.03 Å². The number of aromatic nitrogens is 2. The Kier molecular flexibility index (Phi) is 4.96. The van der Waals surface area contributed by atoms with E-state index in [4.69, 9.17) is 4.74 Å². The lowest BCUT2D eigenvalue weighted by Gasteiger charge is -2.10. The molecule has 0 radical (unpaired) electrons. The van der Waals surface area contributed by atoms with Crippen molar-refractivity contribution in [3.05, 3.63) is 59.9 Å². The zero-order valence-electron chi connectivity index (χ0n) is 13.5. The van der Waals surface area contributed by atoms with Crippen LogP contribution in [-0.2, 0) is 13.0 Å². The summed E-state index contributed by atoms with van der Waals surface area (Å²) in [5, 5.41) is 5.66. The number of ether oxygens (including phenoxy) is 1. The maximum absolute atomic E-state index is 11.9. The molecule has 0 spiro atoms. The summed E-state index contributed by atoms with van der Waals surface area (Å²) in [5.41, 5.74) is 2.88. The number of hydrogen-bond donors (Lipinski definition) is 3. The Morgan fingerprint density at radius 3 is 2.75 bits per heavy atom. The van der Waals surface area contributed by atoms with Crippen molar-refractivity contribution in [2.24, 2.45) is 0 Å². The molecule has 0 aliphatic heterocycles. The molecule has 0 bridgehead atoms. The third kappa shape index (κ3) is 3.84. The van der Waals surface area contributed by atoms with Gasteiger partial charge in [-0.3, -0.25) is 0 Å². The van der Waals surface area contributed by atoms with Crippen molar-refractivity contribution in [1.29, 1.82) is 0 Å². The molecule has 3 rings (SSSR count). The molecule has 3 aromatic rings. The number of methoxy groups -OCH3 is 1. The molecule has 1 heterocycles. The minimum atomic E-state index is -0.211. The number of urea groups is 1. The van der Waals surface area contributed by atoms with E-state index in [1.54, 1.807) is 7.11 Å². The minimum absolute atomic E-state index is 0.211. The van der Waals surface area contributed by atoms with E-state index in [0.717, 1.165) is 28.2 Å². The highest BCUT2D eigenvalue weighted by atomic mass is 16.5. The van der Waals surface area contributed by atoms with Gasteiger partial charge in [-0.25, -0.2) is 9.78 Å². The summed E-state index contributed by atoms with van der Waals surface area (Å²) in [6, 6.07) is 15.3. The molecule has 0 atom stereocenters. The molecule has 124 valence electrons. The molecular weight excluding hydrogens is 304 g/mol. The first kappa shape index (κ1) is 15.9. The highest BCUT2D eigenvalue weighted by Gasteiger charge is 2.06. The second-order valence-electron chi connectivity index (χ2n) is 5.37. The Hall–Kier alpha value is -3.02. The number of imidazole rings is 1. The van der Waals surface area contributed by atoms with Gasteiger partial charge in [0.2, 0.25) is 0 Å². The fourth-order valence-corrected chi connectivity index (χ4v) is 2.51. The van der Waals surface area contributed by atoms with Gasteiger partial charge in [0, 0.05) is 25.1 Å². The maximum Gasteiger partial charge on any atom is 0.315 e. The fourth-order valence-electron chi connectivity index (χ4n) is 2.51. The predicted octanol–water partition coefficient (Wildman–Crippen LogP) is 2.61. The van der Waals surface area contributed by atoms with Crippen LogP contribution >= 0.6 is 0 Å². The molecule has 0 fully saturated rings. The SMILES string of the molecule is COc1ccccc1CNC(=O)NCCc1nc2ccccc2[nH]1.